The summed E-state index contributed by atoms with van der Waals surface area (Å²) in [5, 5.41) is 20.1. The van der Waals surface area contributed by atoms with E-state index in [1.165, 1.54) is 0 Å². The number of aliphatic imine (C=N–C) groups is 1. The monoisotopic (exact) mass is 458 g/mol. The second-order valence-corrected chi connectivity index (χ2v) is 5.72. The van der Waals surface area contributed by atoms with Crippen LogP contribution in [0.5, 0.6) is 0 Å². The molecule has 0 saturated carbocycles. The molecule has 0 radical (unpaired) electrons. The van der Waals surface area contributed by atoms with Gasteiger partial charge in [-0.2, -0.15) is 0 Å². The molecule has 0 spiro atoms. The molecule has 2 rings (SSSR count). The number of aryl methyl sites for hydroxylation is 2. The van der Waals surface area contributed by atoms with Gasteiger partial charge in [-0.25, -0.2) is 0 Å². The highest BCUT2D eigenvalue weighted by molar-refractivity contribution is 14.0. The highest BCUT2D eigenvalue weighted by Gasteiger charge is 2.11. The maximum absolute atomic E-state index is 9.61. The number of halogens is 1. The van der Waals surface area contributed by atoms with E-state index in [0.29, 0.717) is 6.54 Å². The molecule has 0 bridgehead atoms. The number of hydrogen-bond acceptors (Lipinski definition) is 4. The van der Waals surface area contributed by atoms with E-state index in [1.807, 2.05) is 44.2 Å². The highest BCUT2D eigenvalue weighted by atomic mass is 127. The Hall–Kier alpha value is -1.61. The van der Waals surface area contributed by atoms with Gasteiger partial charge in [0, 0.05) is 31.6 Å². The first-order valence-electron chi connectivity index (χ1n) is 8.17. The van der Waals surface area contributed by atoms with Crippen molar-refractivity contribution >= 4 is 29.9 Å². The summed E-state index contributed by atoms with van der Waals surface area (Å²) in [6, 6.07) is 9.98. The summed E-state index contributed by atoms with van der Waals surface area (Å²) >= 11 is 0. The fraction of sp³-hybridized carbons (Fsp3) is 0.444. The van der Waals surface area contributed by atoms with E-state index < -0.39 is 0 Å². The van der Waals surface area contributed by atoms with Gasteiger partial charge in [0.05, 0.1) is 12.3 Å². The number of hydrogen-bond donors (Lipinski definition) is 3. The molecular formula is C18H27IN4O2. The molecule has 25 heavy (non-hydrogen) atoms. The molecule has 0 aliphatic heterocycles. The summed E-state index contributed by atoms with van der Waals surface area (Å²) in [7, 11) is 1.74. The number of nitrogens with one attached hydrogen (secondary N) is 2. The van der Waals surface area contributed by atoms with Gasteiger partial charge in [0.1, 0.15) is 5.76 Å². The first kappa shape index (κ1) is 21.4. The molecule has 138 valence electrons. The number of aliphatic hydroxyl groups excluding tert-OH is 1. The van der Waals surface area contributed by atoms with Crippen LogP contribution in [0.4, 0.5) is 0 Å². The zero-order valence-electron chi connectivity index (χ0n) is 15.0. The molecule has 1 unspecified atom stereocenters. The van der Waals surface area contributed by atoms with E-state index in [4.69, 9.17) is 4.52 Å². The summed E-state index contributed by atoms with van der Waals surface area (Å²) in [6.07, 6.45) is 0.823. The molecule has 2 aromatic rings. The van der Waals surface area contributed by atoms with Gasteiger partial charge in [-0.3, -0.25) is 4.99 Å². The van der Waals surface area contributed by atoms with Crippen LogP contribution in [0.15, 0.2) is 39.8 Å². The molecule has 1 heterocycles. The quantitative estimate of drug-likeness (QED) is 0.337. The van der Waals surface area contributed by atoms with Crippen molar-refractivity contribution in [2.75, 3.05) is 26.7 Å². The van der Waals surface area contributed by atoms with Crippen LogP contribution in [0.3, 0.4) is 0 Å². The second kappa shape index (κ2) is 11.1. The van der Waals surface area contributed by atoms with E-state index in [0.717, 1.165) is 41.5 Å². The van der Waals surface area contributed by atoms with E-state index in [1.54, 1.807) is 7.05 Å². The predicted octanol–water partition coefficient (Wildman–Crippen LogP) is 2.39. The van der Waals surface area contributed by atoms with Crippen molar-refractivity contribution in [2.24, 2.45) is 4.99 Å². The number of nitrogens with zero attached hydrogens (tertiary/aromatic N) is 2. The number of benzene rings is 1. The third-order valence-corrected chi connectivity index (χ3v) is 4.08. The van der Waals surface area contributed by atoms with Gasteiger partial charge in [0.2, 0.25) is 0 Å². The van der Waals surface area contributed by atoms with Crippen LogP contribution >= 0.6 is 24.0 Å². The van der Waals surface area contributed by atoms with Gasteiger partial charge in [-0.05, 0) is 25.8 Å². The molecule has 1 atom stereocenters. The van der Waals surface area contributed by atoms with E-state index in [-0.39, 0.29) is 36.5 Å². The van der Waals surface area contributed by atoms with E-state index in [2.05, 4.69) is 20.8 Å². The fourth-order valence-electron chi connectivity index (χ4n) is 2.62. The molecule has 3 N–H and O–H groups in total. The normalized spacial score (nSPS) is 12.4. The molecule has 7 heteroatoms. The van der Waals surface area contributed by atoms with Crippen LogP contribution in [0.2, 0.25) is 0 Å². The maximum atomic E-state index is 9.61. The van der Waals surface area contributed by atoms with Crippen LogP contribution in [0, 0.1) is 13.8 Å². The Kier molecular flexibility index (Phi) is 9.51. The average Bonchev–Trinajstić information content (AvgIpc) is 2.93. The third-order valence-electron chi connectivity index (χ3n) is 4.08. The lowest BCUT2D eigenvalue weighted by Crippen LogP contribution is -2.40. The molecular weight excluding hydrogens is 431 g/mol. The Bertz CT molecular complexity index is 639. The third kappa shape index (κ3) is 6.32. The summed E-state index contributed by atoms with van der Waals surface area (Å²) < 4.78 is 5.17. The number of aliphatic hydroxyl groups is 1. The lowest BCUT2D eigenvalue weighted by atomic mass is 10.0. The second-order valence-electron chi connectivity index (χ2n) is 5.72. The Morgan fingerprint density at radius 2 is 1.96 bits per heavy atom. The Labute approximate surface area is 166 Å². The first-order valence-corrected chi connectivity index (χ1v) is 8.17. The molecule has 0 aliphatic rings. The summed E-state index contributed by atoms with van der Waals surface area (Å²) in [5.41, 5.74) is 3.18. The van der Waals surface area contributed by atoms with Crippen LogP contribution in [-0.4, -0.2) is 43.0 Å². The van der Waals surface area contributed by atoms with Gasteiger partial charge < -0.3 is 20.3 Å². The van der Waals surface area contributed by atoms with Gasteiger partial charge in [-0.1, -0.05) is 35.5 Å². The smallest absolute Gasteiger partial charge is 0.191 e. The summed E-state index contributed by atoms with van der Waals surface area (Å²) in [5.74, 6) is 1.62. The fourth-order valence-corrected chi connectivity index (χ4v) is 2.62. The molecule has 0 fully saturated rings. The lowest BCUT2D eigenvalue weighted by Gasteiger charge is -2.18. The van der Waals surface area contributed by atoms with Crippen molar-refractivity contribution < 1.29 is 9.63 Å². The Morgan fingerprint density at radius 3 is 2.52 bits per heavy atom. The predicted molar refractivity (Wildman–Crippen MR) is 111 cm³/mol. The van der Waals surface area contributed by atoms with Crippen LogP contribution in [0.1, 0.15) is 28.5 Å². The van der Waals surface area contributed by atoms with Crippen molar-refractivity contribution in [3.63, 3.8) is 0 Å². The number of guanidine groups is 1. The van der Waals surface area contributed by atoms with Crippen LogP contribution < -0.4 is 10.6 Å². The van der Waals surface area contributed by atoms with Gasteiger partial charge in [0.25, 0.3) is 0 Å². The zero-order chi connectivity index (χ0) is 17.4. The lowest BCUT2D eigenvalue weighted by molar-refractivity contribution is 0.265. The van der Waals surface area contributed by atoms with Crippen molar-refractivity contribution in [1.29, 1.82) is 0 Å². The maximum Gasteiger partial charge on any atom is 0.191 e. The van der Waals surface area contributed by atoms with E-state index >= 15 is 0 Å². The van der Waals surface area contributed by atoms with Gasteiger partial charge in [-0.15, -0.1) is 24.0 Å². The molecule has 1 aromatic carbocycles. The van der Waals surface area contributed by atoms with Crippen molar-refractivity contribution in [3.05, 3.63) is 52.9 Å². The number of aromatic nitrogens is 1. The van der Waals surface area contributed by atoms with E-state index in [9.17, 15) is 5.11 Å². The van der Waals surface area contributed by atoms with Crippen molar-refractivity contribution in [1.82, 2.24) is 15.8 Å². The molecule has 1 aromatic heterocycles. The minimum Gasteiger partial charge on any atom is -0.396 e. The minimum atomic E-state index is 0. The highest BCUT2D eigenvalue weighted by Crippen LogP contribution is 2.14. The van der Waals surface area contributed by atoms with Gasteiger partial charge in [0.15, 0.2) is 5.96 Å². The first-order chi connectivity index (χ1) is 11.7. The summed E-state index contributed by atoms with van der Waals surface area (Å²) in [4.78, 5) is 4.23. The van der Waals surface area contributed by atoms with Crippen LogP contribution in [0.25, 0.3) is 0 Å². The SMILES string of the molecule is CN=C(NCCc1c(C)noc1C)NCC(CO)c1ccccc1.I. The zero-order valence-corrected chi connectivity index (χ0v) is 17.3. The Morgan fingerprint density at radius 1 is 1.24 bits per heavy atom. The van der Waals surface area contributed by atoms with Crippen molar-refractivity contribution in [3.8, 4) is 0 Å². The molecule has 6 nitrogen and oxygen atoms in total. The minimum absolute atomic E-state index is 0. The average molecular weight is 458 g/mol. The van der Waals surface area contributed by atoms with Gasteiger partial charge >= 0.3 is 0 Å². The number of rotatable bonds is 7. The van der Waals surface area contributed by atoms with Crippen molar-refractivity contribution in [2.45, 2.75) is 26.2 Å². The molecule has 0 amide bonds. The molecule has 0 aliphatic carbocycles. The largest absolute Gasteiger partial charge is 0.396 e. The molecule has 0 saturated heterocycles. The standard InChI is InChI=1S/C18H26N4O2.HI/c1-13-17(14(2)24-22-13)9-10-20-18(19-3)21-11-16(12-23)15-7-5-4-6-8-15;/h4-8,16,23H,9-12H2,1-3H3,(H2,19,20,21);1H. The van der Waals surface area contributed by atoms with Crippen LogP contribution in [-0.2, 0) is 6.42 Å². The topological polar surface area (TPSA) is 82.7 Å². The summed E-state index contributed by atoms with van der Waals surface area (Å²) in [6.45, 7) is 5.31. The Balaban J connectivity index is 0.00000312.